The Labute approximate surface area is 195 Å². The van der Waals surface area contributed by atoms with E-state index in [1.807, 2.05) is 38.1 Å². The lowest BCUT2D eigenvalue weighted by atomic mass is 10.1. The Morgan fingerprint density at radius 1 is 1.19 bits per heavy atom. The fraction of sp³-hybridized carbons (Fsp3) is 0.318. The van der Waals surface area contributed by atoms with E-state index in [1.165, 1.54) is 29.4 Å². The Kier molecular flexibility index (Phi) is 6.55. The van der Waals surface area contributed by atoms with E-state index in [0.29, 0.717) is 16.6 Å². The number of thiazole rings is 1. The van der Waals surface area contributed by atoms with E-state index in [2.05, 4.69) is 20.6 Å². The van der Waals surface area contributed by atoms with Gasteiger partial charge in [-0.05, 0) is 60.0 Å². The number of sulfone groups is 1. The number of anilines is 1. The highest BCUT2D eigenvalue weighted by molar-refractivity contribution is 8.27. The monoisotopic (exact) mass is 488 g/mol. The summed E-state index contributed by atoms with van der Waals surface area (Å²) in [6.07, 6.45) is 2.01. The maximum atomic E-state index is 12.0. The first kappa shape index (κ1) is 22.8. The van der Waals surface area contributed by atoms with Gasteiger partial charge in [0.25, 0.3) is 0 Å². The number of hydrogen-bond acceptors (Lipinski definition) is 8. The SMILES string of the molecule is CC(C)[C@@H]1N/C(=N/c2ccc(CCNc3nc4ccc(S(C)(=O)=O)cc4s3)cc2)SC1=O. The molecule has 32 heavy (non-hydrogen) atoms. The summed E-state index contributed by atoms with van der Waals surface area (Å²) in [6.45, 7) is 4.74. The Bertz CT molecular complexity index is 1280. The largest absolute Gasteiger partial charge is 0.361 e. The number of amidine groups is 1. The van der Waals surface area contributed by atoms with Crippen molar-refractivity contribution in [2.45, 2.75) is 31.2 Å². The van der Waals surface area contributed by atoms with Crippen molar-refractivity contribution in [1.82, 2.24) is 10.3 Å². The van der Waals surface area contributed by atoms with Crippen LogP contribution in [-0.4, -0.2) is 42.5 Å². The van der Waals surface area contributed by atoms with Crippen LogP contribution in [0.4, 0.5) is 10.8 Å². The highest BCUT2D eigenvalue weighted by atomic mass is 32.2. The molecule has 10 heteroatoms. The summed E-state index contributed by atoms with van der Waals surface area (Å²) in [7, 11) is -3.23. The first-order valence-electron chi connectivity index (χ1n) is 10.2. The van der Waals surface area contributed by atoms with Crippen molar-refractivity contribution in [2.24, 2.45) is 10.9 Å². The fourth-order valence-corrected chi connectivity index (χ4v) is 5.89. The van der Waals surface area contributed by atoms with Crippen LogP contribution in [-0.2, 0) is 21.1 Å². The minimum atomic E-state index is -3.23. The predicted octanol–water partition coefficient (Wildman–Crippen LogP) is 4.23. The quantitative estimate of drug-likeness (QED) is 0.513. The molecule has 0 aliphatic carbocycles. The van der Waals surface area contributed by atoms with E-state index < -0.39 is 9.84 Å². The summed E-state index contributed by atoms with van der Waals surface area (Å²) < 4.78 is 24.3. The first-order chi connectivity index (χ1) is 15.2. The zero-order valence-corrected chi connectivity index (χ0v) is 20.4. The van der Waals surface area contributed by atoms with Gasteiger partial charge in [0.2, 0.25) is 5.12 Å². The summed E-state index contributed by atoms with van der Waals surface area (Å²) in [5.41, 5.74) is 2.75. The average molecular weight is 489 g/mol. The first-order valence-corrected chi connectivity index (χ1v) is 13.7. The molecule has 1 fully saturated rings. The van der Waals surface area contributed by atoms with Gasteiger partial charge >= 0.3 is 0 Å². The van der Waals surface area contributed by atoms with Crippen LogP contribution in [0.25, 0.3) is 10.2 Å². The molecule has 2 aromatic carbocycles. The number of nitrogens with one attached hydrogen (secondary N) is 2. The van der Waals surface area contributed by atoms with Crippen molar-refractivity contribution in [3.8, 4) is 0 Å². The van der Waals surface area contributed by atoms with E-state index in [0.717, 1.165) is 33.0 Å². The summed E-state index contributed by atoms with van der Waals surface area (Å²) in [5.74, 6) is 0.231. The van der Waals surface area contributed by atoms with Crippen LogP contribution in [0.3, 0.4) is 0 Å². The molecule has 7 nitrogen and oxygen atoms in total. The molecule has 168 valence electrons. The van der Waals surface area contributed by atoms with Crippen LogP contribution in [0.5, 0.6) is 0 Å². The van der Waals surface area contributed by atoms with Crippen LogP contribution < -0.4 is 10.6 Å². The van der Waals surface area contributed by atoms with Crippen LogP contribution in [0.1, 0.15) is 19.4 Å². The smallest absolute Gasteiger partial charge is 0.219 e. The molecular formula is C22H24N4O3S3. The summed E-state index contributed by atoms with van der Waals surface area (Å²) in [4.78, 5) is 21.4. The van der Waals surface area contributed by atoms with Crippen LogP contribution in [0, 0.1) is 5.92 Å². The number of rotatable bonds is 7. The normalized spacial score (nSPS) is 17.9. The summed E-state index contributed by atoms with van der Waals surface area (Å²) >= 11 is 2.61. The molecule has 0 radical (unpaired) electrons. The topological polar surface area (TPSA) is 101 Å². The van der Waals surface area contributed by atoms with E-state index in [9.17, 15) is 13.2 Å². The molecule has 1 aromatic heterocycles. The van der Waals surface area contributed by atoms with E-state index in [1.54, 1.807) is 18.2 Å². The summed E-state index contributed by atoms with van der Waals surface area (Å²) in [5, 5.41) is 8.04. The molecule has 0 amide bonds. The lowest BCUT2D eigenvalue weighted by Crippen LogP contribution is -2.34. The second-order valence-electron chi connectivity index (χ2n) is 7.97. The molecule has 2 N–H and O–H groups in total. The molecule has 0 saturated carbocycles. The highest BCUT2D eigenvalue weighted by Gasteiger charge is 2.32. The van der Waals surface area contributed by atoms with E-state index in [-0.39, 0.29) is 17.1 Å². The Morgan fingerprint density at radius 2 is 1.94 bits per heavy atom. The van der Waals surface area contributed by atoms with Gasteiger partial charge in [0.05, 0.1) is 26.8 Å². The van der Waals surface area contributed by atoms with Crippen molar-refractivity contribution >= 4 is 64.3 Å². The molecule has 0 bridgehead atoms. The van der Waals surface area contributed by atoms with Gasteiger partial charge in [-0.2, -0.15) is 0 Å². The number of aromatic nitrogens is 1. The van der Waals surface area contributed by atoms with Crippen molar-refractivity contribution in [3.05, 3.63) is 48.0 Å². The van der Waals surface area contributed by atoms with Crippen molar-refractivity contribution < 1.29 is 13.2 Å². The van der Waals surface area contributed by atoms with Crippen molar-refractivity contribution in [3.63, 3.8) is 0 Å². The zero-order valence-electron chi connectivity index (χ0n) is 18.0. The lowest BCUT2D eigenvalue weighted by Gasteiger charge is -2.11. The number of carbonyl (C=O) groups excluding carboxylic acids is 1. The lowest BCUT2D eigenvalue weighted by molar-refractivity contribution is -0.112. The molecule has 3 aromatic rings. The fourth-order valence-electron chi connectivity index (χ4n) is 3.25. The molecule has 2 heterocycles. The Morgan fingerprint density at radius 3 is 2.59 bits per heavy atom. The van der Waals surface area contributed by atoms with Gasteiger partial charge in [0, 0.05) is 12.8 Å². The van der Waals surface area contributed by atoms with Gasteiger partial charge in [-0.15, -0.1) is 0 Å². The van der Waals surface area contributed by atoms with E-state index in [4.69, 9.17) is 0 Å². The number of carbonyl (C=O) groups is 1. The number of hydrogen-bond donors (Lipinski definition) is 2. The maximum Gasteiger partial charge on any atom is 0.219 e. The molecule has 1 atom stereocenters. The Balaban J connectivity index is 1.34. The molecule has 1 aliphatic rings. The number of aliphatic imine (C=N–C) groups is 1. The summed E-state index contributed by atoms with van der Waals surface area (Å²) in [6, 6.07) is 12.8. The molecule has 1 aliphatic heterocycles. The van der Waals surface area contributed by atoms with Crippen molar-refractivity contribution in [2.75, 3.05) is 18.1 Å². The number of fused-ring (bicyclic) bond motifs is 1. The van der Waals surface area contributed by atoms with Gasteiger partial charge < -0.3 is 10.6 Å². The molecule has 0 spiro atoms. The van der Waals surface area contributed by atoms with Crippen molar-refractivity contribution in [1.29, 1.82) is 0 Å². The van der Waals surface area contributed by atoms with Crippen LogP contribution in [0.2, 0.25) is 0 Å². The average Bonchev–Trinajstić information content (AvgIpc) is 3.30. The number of benzene rings is 2. The number of nitrogens with zero attached hydrogens (tertiary/aromatic N) is 2. The second kappa shape index (κ2) is 9.21. The zero-order chi connectivity index (χ0) is 22.9. The molecular weight excluding hydrogens is 464 g/mol. The maximum absolute atomic E-state index is 12.0. The third-order valence-electron chi connectivity index (χ3n) is 5.04. The van der Waals surface area contributed by atoms with E-state index >= 15 is 0 Å². The third kappa shape index (κ3) is 5.31. The number of thioether (sulfide) groups is 1. The minimum Gasteiger partial charge on any atom is -0.361 e. The third-order valence-corrected chi connectivity index (χ3v) is 7.99. The molecule has 0 unspecified atom stereocenters. The standard InChI is InChI=1S/C22H24N4O3S3/c1-13(2)19-20(27)31-22(26-19)24-15-6-4-14(5-7-15)10-11-23-21-25-17-9-8-16(32(3,28)29)12-18(17)30-21/h4-9,12-13,19H,10-11H2,1-3H3,(H,23,25)(H,24,26)/t19-/m0/s1. The van der Waals surface area contributed by atoms with Gasteiger partial charge in [-0.25, -0.2) is 18.4 Å². The van der Waals surface area contributed by atoms with Gasteiger partial charge in [0.15, 0.2) is 20.1 Å². The molecule has 1 saturated heterocycles. The van der Waals surface area contributed by atoms with Crippen LogP contribution >= 0.6 is 23.1 Å². The predicted molar refractivity (Wildman–Crippen MR) is 133 cm³/mol. The molecule has 4 rings (SSSR count). The minimum absolute atomic E-state index is 0.115. The second-order valence-corrected chi connectivity index (χ2v) is 12.0. The van der Waals surface area contributed by atoms with Gasteiger partial charge in [-0.1, -0.05) is 37.3 Å². The highest BCUT2D eigenvalue weighted by Crippen LogP contribution is 2.28. The Hall–Kier alpha value is -2.43. The van der Waals surface area contributed by atoms with Gasteiger partial charge in [0.1, 0.15) is 0 Å². The van der Waals surface area contributed by atoms with Crippen LogP contribution in [0.15, 0.2) is 52.4 Å². The van der Waals surface area contributed by atoms with Gasteiger partial charge in [-0.3, -0.25) is 4.79 Å².